The van der Waals surface area contributed by atoms with Gasteiger partial charge >= 0.3 is 6.18 Å². The molecule has 0 radical (unpaired) electrons. The molecule has 0 spiro atoms. The molecule has 0 fully saturated rings. The first-order valence-electron chi connectivity index (χ1n) is 7.23. The zero-order chi connectivity index (χ0) is 15.3. The van der Waals surface area contributed by atoms with Gasteiger partial charge in [0, 0.05) is 6.42 Å². The summed E-state index contributed by atoms with van der Waals surface area (Å²) in [6, 6.07) is 5.38. The van der Waals surface area contributed by atoms with Crippen molar-refractivity contribution in [1.82, 2.24) is 5.32 Å². The Bertz CT molecular complexity index is 479. The van der Waals surface area contributed by atoms with Gasteiger partial charge in [0.15, 0.2) is 0 Å². The van der Waals surface area contributed by atoms with E-state index in [-0.39, 0.29) is 6.04 Å². The number of rotatable bonds is 6. The Labute approximate surface area is 123 Å². The maximum atomic E-state index is 12.6. The van der Waals surface area contributed by atoms with E-state index >= 15 is 0 Å². The first kappa shape index (κ1) is 15.9. The summed E-state index contributed by atoms with van der Waals surface area (Å²) in [5.74, 6) is 0.906. The van der Waals surface area contributed by atoms with Gasteiger partial charge in [0.05, 0.1) is 18.2 Å². The van der Waals surface area contributed by atoms with E-state index in [1.165, 1.54) is 0 Å². The molecule has 1 unspecified atom stereocenters. The number of alkyl halides is 3. The van der Waals surface area contributed by atoms with E-state index in [4.69, 9.17) is 4.74 Å². The molecule has 0 aliphatic carbocycles. The van der Waals surface area contributed by atoms with E-state index in [0.29, 0.717) is 13.0 Å². The topological polar surface area (TPSA) is 21.3 Å². The standard InChI is InChI=1S/C16H20F3NO/c1-2-9-20-14(15-4-3-10-21-15)11-12-5-7-13(8-6-12)16(17,18)19/h4-8,14,20H,2-3,9-11H2,1H3. The third kappa shape index (κ3) is 4.49. The van der Waals surface area contributed by atoms with Crippen molar-refractivity contribution < 1.29 is 17.9 Å². The van der Waals surface area contributed by atoms with Crippen molar-refractivity contribution in [3.63, 3.8) is 0 Å². The van der Waals surface area contributed by atoms with Crippen molar-refractivity contribution in [3.05, 3.63) is 47.2 Å². The summed E-state index contributed by atoms with van der Waals surface area (Å²) in [7, 11) is 0. The molecular weight excluding hydrogens is 279 g/mol. The summed E-state index contributed by atoms with van der Waals surface area (Å²) >= 11 is 0. The molecule has 0 aromatic heterocycles. The van der Waals surface area contributed by atoms with E-state index in [1.54, 1.807) is 12.1 Å². The summed E-state index contributed by atoms with van der Waals surface area (Å²) in [5.41, 5.74) is 0.258. The van der Waals surface area contributed by atoms with Gasteiger partial charge in [0.2, 0.25) is 0 Å². The minimum absolute atomic E-state index is 0.0317. The minimum Gasteiger partial charge on any atom is -0.496 e. The zero-order valence-electron chi connectivity index (χ0n) is 12.0. The van der Waals surface area contributed by atoms with E-state index in [0.717, 1.165) is 42.8 Å². The van der Waals surface area contributed by atoms with E-state index in [1.807, 2.05) is 0 Å². The Morgan fingerprint density at radius 1 is 1.24 bits per heavy atom. The van der Waals surface area contributed by atoms with Gasteiger partial charge in [-0.25, -0.2) is 0 Å². The van der Waals surface area contributed by atoms with Crippen molar-refractivity contribution in [1.29, 1.82) is 0 Å². The average Bonchev–Trinajstić information content (AvgIpc) is 2.97. The highest BCUT2D eigenvalue weighted by Gasteiger charge is 2.30. The SMILES string of the molecule is CCCNC(Cc1ccc(C(F)(F)F)cc1)C1=CCCO1. The lowest BCUT2D eigenvalue weighted by atomic mass is 10.0. The molecule has 1 atom stereocenters. The Morgan fingerprint density at radius 3 is 2.48 bits per heavy atom. The van der Waals surface area contributed by atoms with Gasteiger partial charge in [-0.15, -0.1) is 0 Å². The summed E-state index contributed by atoms with van der Waals surface area (Å²) in [6.45, 7) is 3.62. The number of halogens is 3. The van der Waals surface area contributed by atoms with Crippen LogP contribution in [-0.4, -0.2) is 19.2 Å². The van der Waals surface area contributed by atoms with Crippen LogP contribution in [0.15, 0.2) is 36.1 Å². The van der Waals surface area contributed by atoms with Crippen molar-refractivity contribution in [2.24, 2.45) is 0 Å². The lowest BCUT2D eigenvalue weighted by molar-refractivity contribution is -0.137. The van der Waals surface area contributed by atoms with Gasteiger partial charge in [-0.2, -0.15) is 13.2 Å². The molecule has 0 amide bonds. The van der Waals surface area contributed by atoms with Gasteiger partial charge in [-0.3, -0.25) is 0 Å². The predicted octanol–water partition coefficient (Wildman–Crippen LogP) is 3.92. The first-order chi connectivity index (χ1) is 10.0. The zero-order valence-corrected chi connectivity index (χ0v) is 12.0. The van der Waals surface area contributed by atoms with Gasteiger partial charge in [-0.05, 0) is 43.2 Å². The molecule has 1 aliphatic heterocycles. The summed E-state index contributed by atoms with van der Waals surface area (Å²) < 4.78 is 43.2. The van der Waals surface area contributed by atoms with E-state index in [2.05, 4.69) is 18.3 Å². The van der Waals surface area contributed by atoms with Crippen molar-refractivity contribution in [3.8, 4) is 0 Å². The highest BCUT2D eigenvalue weighted by Crippen LogP contribution is 2.29. The second-order valence-electron chi connectivity index (χ2n) is 5.15. The molecule has 1 aliphatic rings. The molecule has 1 heterocycles. The maximum Gasteiger partial charge on any atom is 0.416 e. The van der Waals surface area contributed by atoms with Crippen LogP contribution in [-0.2, 0) is 17.3 Å². The molecule has 0 bridgehead atoms. The molecule has 2 rings (SSSR count). The number of ether oxygens (including phenoxy) is 1. The number of hydrogen-bond donors (Lipinski definition) is 1. The van der Waals surface area contributed by atoms with Gasteiger partial charge in [0.1, 0.15) is 5.76 Å². The molecule has 1 aromatic rings. The first-order valence-corrected chi connectivity index (χ1v) is 7.23. The van der Waals surface area contributed by atoms with Crippen LogP contribution in [0.4, 0.5) is 13.2 Å². The van der Waals surface area contributed by atoms with Crippen LogP contribution >= 0.6 is 0 Å². The van der Waals surface area contributed by atoms with Crippen LogP contribution in [0, 0.1) is 0 Å². The summed E-state index contributed by atoms with van der Waals surface area (Å²) in [6.07, 6.45) is 0.292. The molecule has 0 saturated carbocycles. The smallest absolute Gasteiger partial charge is 0.416 e. The summed E-state index contributed by atoms with van der Waals surface area (Å²) in [4.78, 5) is 0. The van der Waals surface area contributed by atoms with Gasteiger partial charge in [-0.1, -0.05) is 19.1 Å². The fourth-order valence-electron chi connectivity index (χ4n) is 2.34. The summed E-state index contributed by atoms with van der Waals surface area (Å²) in [5, 5.41) is 3.39. The lowest BCUT2D eigenvalue weighted by Crippen LogP contribution is -2.34. The molecule has 1 N–H and O–H groups in total. The Kier molecular flexibility index (Phi) is 5.28. The second-order valence-corrected chi connectivity index (χ2v) is 5.15. The van der Waals surface area contributed by atoms with Crippen LogP contribution in [0.3, 0.4) is 0 Å². The van der Waals surface area contributed by atoms with Gasteiger partial charge in [0.25, 0.3) is 0 Å². The second kappa shape index (κ2) is 6.98. The Hall–Kier alpha value is -1.49. The largest absolute Gasteiger partial charge is 0.496 e. The number of nitrogens with one attached hydrogen (secondary N) is 1. The minimum atomic E-state index is -4.28. The molecule has 2 nitrogen and oxygen atoms in total. The molecule has 0 saturated heterocycles. The average molecular weight is 299 g/mol. The normalized spacial score (nSPS) is 16.5. The van der Waals surface area contributed by atoms with E-state index in [9.17, 15) is 13.2 Å². The molecular formula is C16H20F3NO. The van der Waals surface area contributed by atoms with Crippen LogP contribution in [0.2, 0.25) is 0 Å². The molecule has 5 heteroatoms. The van der Waals surface area contributed by atoms with Crippen LogP contribution in [0.25, 0.3) is 0 Å². The monoisotopic (exact) mass is 299 g/mol. The van der Waals surface area contributed by atoms with Crippen LogP contribution < -0.4 is 5.32 Å². The van der Waals surface area contributed by atoms with Gasteiger partial charge < -0.3 is 10.1 Å². The van der Waals surface area contributed by atoms with Crippen molar-refractivity contribution in [2.45, 2.75) is 38.4 Å². The van der Waals surface area contributed by atoms with E-state index < -0.39 is 11.7 Å². The fraction of sp³-hybridized carbons (Fsp3) is 0.500. The van der Waals surface area contributed by atoms with Crippen molar-refractivity contribution in [2.75, 3.05) is 13.2 Å². The number of benzene rings is 1. The fourth-order valence-corrected chi connectivity index (χ4v) is 2.34. The molecule has 21 heavy (non-hydrogen) atoms. The quantitative estimate of drug-likeness (QED) is 0.859. The Morgan fingerprint density at radius 2 is 1.95 bits per heavy atom. The number of hydrogen-bond acceptors (Lipinski definition) is 2. The Balaban J connectivity index is 2.05. The lowest BCUT2D eigenvalue weighted by Gasteiger charge is -2.20. The van der Waals surface area contributed by atoms with Crippen LogP contribution in [0.1, 0.15) is 30.9 Å². The van der Waals surface area contributed by atoms with Crippen molar-refractivity contribution >= 4 is 0 Å². The highest BCUT2D eigenvalue weighted by atomic mass is 19.4. The molecule has 116 valence electrons. The third-order valence-electron chi connectivity index (χ3n) is 3.44. The predicted molar refractivity (Wildman–Crippen MR) is 75.9 cm³/mol. The van der Waals surface area contributed by atoms with Crippen LogP contribution in [0.5, 0.6) is 0 Å². The highest BCUT2D eigenvalue weighted by molar-refractivity contribution is 5.26. The maximum absolute atomic E-state index is 12.6. The molecule has 1 aromatic carbocycles. The third-order valence-corrected chi connectivity index (χ3v) is 3.44.